The standard InChI is InChI=1S/C15H24N2O4/c1-18-13-10-12(11-14(19-2)15(13)20-3)16-4-5-17-6-8-21-9-7-17/h10-11,16H,4-9H2,1-3H3. The van der Waals surface area contributed by atoms with E-state index in [0.717, 1.165) is 45.1 Å². The largest absolute Gasteiger partial charge is 0.493 e. The Bertz CT molecular complexity index is 422. The van der Waals surface area contributed by atoms with E-state index in [2.05, 4.69) is 10.2 Å². The van der Waals surface area contributed by atoms with Gasteiger partial charge < -0.3 is 24.3 Å². The highest BCUT2D eigenvalue weighted by Gasteiger charge is 2.13. The second kappa shape index (κ2) is 7.95. The van der Waals surface area contributed by atoms with E-state index in [1.165, 1.54) is 0 Å². The van der Waals surface area contributed by atoms with E-state index in [9.17, 15) is 0 Å². The molecule has 0 amide bonds. The zero-order valence-electron chi connectivity index (χ0n) is 13.0. The van der Waals surface area contributed by atoms with Gasteiger partial charge in [0, 0.05) is 44.0 Å². The summed E-state index contributed by atoms with van der Waals surface area (Å²) in [6, 6.07) is 3.83. The monoisotopic (exact) mass is 296 g/mol. The molecule has 0 saturated carbocycles. The summed E-state index contributed by atoms with van der Waals surface area (Å²) in [4.78, 5) is 2.38. The fourth-order valence-corrected chi connectivity index (χ4v) is 2.37. The number of benzene rings is 1. The molecule has 1 saturated heterocycles. The third-order valence-corrected chi connectivity index (χ3v) is 3.53. The molecule has 0 aromatic heterocycles. The Hall–Kier alpha value is -1.66. The molecule has 6 nitrogen and oxygen atoms in total. The van der Waals surface area contributed by atoms with Gasteiger partial charge in [-0.15, -0.1) is 0 Å². The molecule has 0 radical (unpaired) electrons. The Morgan fingerprint density at radius 1 is 1.05 bits per heavy atom. The number of nitrogens with zero attached hydrogens (tertiary/aromatic N) is 1. The number of ether oxygens (including phenoxy) is 4. The SMILES string of the molecule is COc1cc(NCCN2CCOCC2)cc(OC)c1OC. The number of anilines is 1. The van der Waals surface area contributed by atoms with Crippen LogP contribution in [0.4, 0.5) is 5.69 Å². The van der Waals surface area contributed by atoms with E-state index in [1.807, 2.05) is 12.1 Å². The van der Waals surface area contributed by atoms with Gasteiger partial charge in [-0.25, -0.2) is 0 Å². The first kappa shape index (κ1) is 15.7. The summed E-state index contributed by atoms with van der Waals surface area (Å²) in [7, 11) is 4.84. The Balaban J connectivity index is 1.95. The molecule has 0 spiro atoms. The molecule has 0 bridgehead atoms. The van der Waals surface area contributed by atoms with Gasteiger partial charge in [0.15, 0.2) is 11.5 Å². The molecule has 1 aromatic carbocycles. The molecule has 1 aromatic rings. The predicted octanol–water partition coefficient (Wildman–Crippen LogP) is 1.46. The van der Waals surface area contributed by atoms with Crippen LogP contribution in [-0.4, -0.2) is 65.6 Å². The van der Waals surface area contributed by atoms with Crippen molar-refractivity contribution < 1.29 is 18.9 Å². The van der Waals surface area contributed by atoms with Crippen LogP contribution >= 0.6 is 0 Å². The van der Waals surface area contributed by atoms with Crippen LogP contribution in [0.1, 0.15) is 0 Å². The third-order valence-electron chi connectivity index (χ3n) is 3.53. The van der Waals surface area contributed by atoms with Crippen molar-refractivity contribution in [2.75, 3.05) is 66.0 Å². The molecule has 2 rings (SSSR count). The lowest BCUT2D eigenvalue weighted by Crippen LogP contribution is -2.39. The van der Waals surface area contributed by atoms with Crippen LogP contribution in [-0.2, 0) is 4.74 Å². The van der Waals surface area contributed by atoms with Gasteiger partial charge in [-0.05, 0) is 0 Å². The first-order chi connectivity index (χ1) is 10.3. The molecule has 1 aliphatic heterocycles. The minimum absolute atomic E-state index is 0.610. The minimum atomic E-state index is 0.610. The highest BCUT2D eigenvalue weighted by molar-refractivity contribution is 5.62. The van der Waals surface area contributed by atoms with Crippen LogP contribution in [0.2, 0.25) is 0 Å². The molecular formula is C15H24N2O4. The summed E-state index contributed by atoms with van der Waals surface area (Å²) < 4.78 is 21.3. The third kappa shape index (κ3) is 4.15. The first-order valence-electron chi connectivity index (χ1n) is 7.12. The smallest absolute Gasteiger partial charge is 0.203 e. The Kier molecular flexibility index (Phi) is 5.95. The molecule has 1 fully saturated rings. The zero-order valence-corrected chi connectivity index (χ0v) is 13.0. The number of morpholine rings is 1. The van der Waals surface area contributed by atoms with E-state index in [4.69, 9.17) is 18.9 Å². The maximum atomic E-state index is 5.34. The summed E-state index contributed by atoms with van der Waals surface area (Å²) in [5.41, 5.74) is 0.956. The van der Waals surface area contributed by atoms with Crippen LogP contribution in [0.15, 0.2) is 12.1 Å². The van der Waals surface area contributed by atoms with E-state index < -0.39 is 0 Å². The Labute approximate surface area is 125 Å². The summed E-state index contributed by atoms with van der Waals surface area (Å²) in [6.45, 7) is 5.49. The number of hydrogen-bond donors (Lipinski definition) is 1. The Morgan fingerprint density at radius 2 is 1.67 bits per heavy atom. The fourth-order valence-electron chi connectivity index (χ4n) is 2.37. The van der Waals surface area contributed by atoms with Crippen molar-refractivity contribution in [3.63, 3.8) is 0 Å². The normalized spacial score (nSPS) is 15.6. The lowest BCUT2D eigenvalue weighted by atomic mass is 10.2. The van der Waals surface area contributed by atoms with Gasteiger partial charge in [-0.1, -0.05) is 0 Å². The van der Waals surface area contributed by atoms with Gasteiger partial charge in [0.25, 0.3) is 0 Å². The molecular weight excluding hydrogens is 272 g/mol. The molecule has 1 N–H and O–H groups in total. The lowest BCUT2D eigenvalue weighted by molar-refractivity contribution is 0.0398. The van der Waals surface area contributed by atoms with Gasteiger partial charge in [-0.3, -0.25) is 4.90 Å². The van der Waals surface area contributed by atoms with Crippen LogP contribution in [0.3, 0.4) is 0 Å². The van der Waals surface area contributed by atoms with Crippen molar-refractivity contribution in [2.45, 2.75) is 0 Å². The second-order valence-corrected chi connectivity index (χ2v) is 4.79. The lowest BCUT2D eigenvalue weighted by Gasteiger charge is -2.26. The number of methoxy groups -OCH3 is 3. The highest BCUT2D eigenvalue weighted by atomic mass is 16.5. The van der Waals surface area contributed by atoms with Crippen molar-refractivity contribution >= 4 is 5.69 Å². The average molecular weight is 296 g/mol. The molecule has 0 unspecified atom stereocenters. The van der Waals surface area contributed by atoms with Crippen molar-refractivity contribution in [1.82, 2.24) is 4.90 Å². The fraction of sp³-hybridized carbons (Fsp3) is 0.600. The summed E-state index contributed by atoms with van der Waals surface area (Å²) in [5.74, 6) is 1.93. The average Bonchev–Trinajstić information content (AvgIpc) is 2.54. The quantitative estimate of drug-likeness (QED) is 0.822. The molecule has 1 aliphatic rings. The Morgan fingerprint density at radius 3 is 2.19 bits per heavy atom. The second-order valence-electron chi connectivity index (χ2n) is 4.79. The van der Waals surface area contributed by atoms with Gasteiger partial charge in [0.1, 0.15) is 0 Å². The number of nitrogens with one attached hydrogen (secondary N) is 1. The van der Waals surface area contributed by atoms with Crippen LogP contribution < -0.4 is 19.5 Å². The van der Waals surface area contributed by atoms with E-state index in [1.54, 1.807) is 21.3 Å². The summed E-state index contributed by atoms with van der Waals surface area (Å²) in [5, 5.41) is 3.39. The summed E-state index contributed by atoms with van der Waals surface area (Å²) >= 11 is 0. The molecule has 0 atom stereocenters. The molecule has 21 heavy (non-hydrogen) atoms. The van der Waals surface area contributed by atoms with Crippen molar-refractivity contribution in [3.8, 4) is 17.2 Å². The van der Waals surface area contributed by atoms with Crippen LogP contribution in [0.25, 0.3) is 0 Å². The summed E-state index contributed by atoms with van der Waals surface area (Å²) in [6.07, 6.45) is 0. The highest BCUT2D eigenvalue weighted by Crippen LogP contribution is 2.39. The molecule has 1 heterocycles. The van der Waals surface area contributed by atoms with Gasteiger partial charge >= 0.3 is 0 Å². The van der Waals surface area contributed by atoms with Gasteiger partial charge in [0.2, 0.25) is 5.75 Å². The van der Waals surface area contributed by atoms with E-state index >= 15 is 0 Å². The zero-order chi connectivity index (χ0) is 15.1. The topological polar surface area (TPSA) is 52.2 Å². The van der Waals surface area contributed by atoms with Crippen LogP contribution in [0.5, 0.6) is 17.2 Å². The molecule has 118 valence electrons. The maximum Gasteiger partial charge on any atom is 0.203 e. The maximum absolute atomic E-state index is 5.34. The number of rotatable bonds is 7. The predicted molar refractivity (Wildman–Crippen MR) is 81.8 cm³/mol. The van der Waals surface area contributed by atoms with E-state index in [0.29, 0.717) is 17.2 Å². The van der Waals surface area contributed by atoms with Crippen LogP contribution in [0, 0.1) is 0 Å². The van der Waals surface area contributed by atoms with E-state index in [-0.39, 0.29) is 0 Å². The molecule has 0 aliphatic carbocycles. The van der Waals surface area contributed by atoms with Crippen molar-refractivity contribution in [1.29, 1.82) is 0 Å². The minimum Gasteiger partial charge on any atom is -0.493 e. The van der Waals surface area contributed by atoms with Crippen molar-refractivity contribution in [2.24, 2.45) is 0 Å². The first-order valence-corrected chi connectivity index (χ1v) is 7.12. The van der Waals surface area contributed by atoms with Gasteiger partial charge in [0.05, 0.1) is 34.5 Å². The van der Waals surface area contributed by atoms with Gasteiger partial charge in [-0.2, -0.15) is 0 Å². The number of hydrogen-bond acceptors (Lipinski definition) is 6. The van der Waals surface area contributed by atoms with Crippen molar-refractivity contribution in [3.05, 3.63) is 12.1 Å². The molecule has 6 heteroatoms.